The van der Waals surface area contributed by atoms with Crippen LogP contribution >= 0.6 is 0 Å². The Kier molecular flexibility index (Phi) is 3.47. The van der Waals surface area contributed by atoms with Crippen LogP contribution in [0, 0.1) is 6.92 Å². The van der Waals surface area contributed by atoms with Crippen molar-refractivity contribution in [3.05, 3.63) is 11.8 Å². The number of nitrogens with one attached hydrogen (secondary N) is 2. The molecule has 0 saturated heterocycles. The highest BCUT2D eigenvalue weighted by atomic mass is 16.5. The van der Waals surface area contributed by atoms with E-state index in [0.717, 1.165) is 5.56 Å². The van der Waals surface area contributed by atoms with Crippen molar-refractivity contribution in [2.24, 2.45) is 0 Å². The summed E-state index contributed by atoms with van der Waals surface area (Å²) in [4.78, 5) is 11.6. The Morgan fingerprint density at radius 3 is 2.80 bits per heavy atom. The van der Waals surface area contributed by atoms with Gasteiger partial charge >= 0.3 is 0 Å². The molecule has 1 rings (SSSR count). The lowest BCUT2D eigenvalue weighted by atomic mass is 10.1. The Hall–Kier alpha value is -1.36. The zero-order valence-corrected chi connectivity index (χ0v) is 9.55. The number of methoxy groups -OCH3 is 1. The Labute approximate surface area is 89.2 Å². The molecule has 0 aliphatic rings. The third-order valence-electron chi connectivity index (χ3n) is 2.23. The first-order valence-electron chi connectivity index (χ1n) is 4.79. The number of H-pyrrole nitrogens is 1. The molecule has 0 spiro atoms. The summed E-state index contributed by atoms with van der Waals surface area (Å²) in [6, 6.07) is 0. The van der Waals surface area contributed by atoms with Gasteiger partial charge in [-0.25, -0.2) is 0 Å². The average Bonchev–Trinajstić information content (AvgIpc) is 2.51. The maximum atomic E-state index is 11.6. The maximum absolute atomic E-state index is 11.6. The van der Waals surface area contributed by atoms with Crippen molar-refractivity contribution in [2.45, 2.75) is 32.8 Å². The van der Waals surface area contributed by atoms with Crippen molar-refractivity contribution in [3.63, 3.8) is 0 Å². The van der Waals surface area contributed by atoms with Crippen LogP contribution in [0.3, 0.4) is 0 Å². The molecule has 2 N–H and O–H groups in total. The van der Waals surface area contributed by atoms with Crippen molar-refractivity contribution in [1.29, 1.82) is 0 Å². The molecule has 0 saturated carbocycles. The molecular formula is C10H17N3O2. The number of carbonyl (C=O) groups excluding carboxylic acids is 1. The van der Waals surface area contributed by atoms with Crippen LogP contribution in [0.15, 0.2) is 6.20 Å². The monoisotopic (exact) mass is 211 g/mol. The molecule has 84 valence electrons. The summed E-state index contributed by atoms with van der Waals surface area (Å²) in [5.74, 6) is 0.557. The van der Waals surface area contributed by atoms with Crippen LogP contribution in [0.5, 0.6) is 0 Å². The fraction of sp³-hybridized carbons (Fsp3) is 0.600. The van der Waals surface area contributed by atoms with Crippen LogP contribution in [-0.4, -0.2) is 28.8 Å². The molecule has 0 aliphatic carbocycles. The Morgan fingerprint density at radius 1 is 1.67 bits per heavy atom. The zero-order valence-electron chi connectivity index (χ0n) is 9.55. The summed E-state index contributed by atoms with van der Waals surface area (Å²) in [5.41, 5.74) is 0.469. The van der Waals surface area contributed by atoms with Gasteiger partial charge in [0.25, 0.3) is 0 Å². The molecule has 1 aromatic heterocycles. The Balaban J connectivity index is 2.54. The van der Waals surface area contributed by atoms with Gasteiger partial charge in [0.2, 0.25) is 5.91 Å². The van der Waals surface area contributed by atoms with Crippen LogP contribution in [0.25, 0.3) is 0 Å². The van der Waals surface area contributed by atoms with E-state index >= 15 is 0 Å². The van der Waals surface area contributed by atoms with Crippen LogP contribution in [0.1, 0.15) is 25.8 Å². The molecule has 0 radical (unpaired) electrons. The topological polar surface area (TPSA) is 67.0 Å². The zero-order chi connectivity index (χ0) is 11.5. The first-order chi connectivity index (χ1) is 6.94. The number of hydrogen-bond acceptors (Lipinski definition) is 3. The fourth-order valence-corrected chi connectivity index (χ4v) is 1.12. The molecule has 15 heavy (non-hydrogen) atoms. The number of amides is 1. The molecule has 0 unspecified atom stereocenters. The van der Waals surface area contributed by atoms with Gasteiger partial charge in [0.05, 0.1) is 18.2 Å². The number of carbonyl (C=O) groups is 1. The minimum atomic E-state index is -0.446. The Morgan fingerprint density at radius 2 is 2.33 bits per heavy atom. The van der Waals surface area contributed by atoms with Crippen molar-refractivity contribution in [3.8, 4) is 0 Å². The number of aryl methyl sites for hydroxylation is 1. The first kappa shape index (κ1) is 11.7. The van der Waals surface area contributed by atoms with Crippen molar-refractivity contribution in [2.75, 3.05) is 12.4 Å². The highest BCUT2D eigenvalue weighted by Gasteiger charge is 2.21. The summed E-state index contributed by atoms with van der Waals surface area (Å²) < 4.78 is 5.17. The second-order valence-electron chi connectivity index (χ2n) is 4.12. The molecule has 0 aromatic carbocycles. The lowest BCUT2D eigenvalue weighted by Crippen LogP contribution is -2.29. The number of aromatic amines is 1. The van der Waals surface area contributed by atoms with Crippen molar-refractivity contribution < 1.29 is 9.53 Å². The van der Waals surface area contributed by atoms with E-state index in [1.54, 1.807) is 13.3 Å². The summed E-state index contributed by atoms with van der Waals surface area (Å²) in [5, 5.41) is 9.28. The lowest BCUT2D eigenvalue weighted by Gasteiger charge is -2.21. The quantitative estimate of drug-likeness (QED) is 0.792. The first-order valence-corrected chi connectivity index (χ1v) is 4.79. The molecule has 1 amide bonds. The molecule has 0 atom stereocenters. The molecular weight excluding hydrogens is 194 g/mol. The molecule has 1 heterocycles. The normalized spacial score (nSPS) is 11.5. The second kappa shape index (κ2) is 4.44. The summed E-state index contributed by atoms with van der Waals surface area (Å²) >= 11 is 0. The minimum absolute atomic E-state index is 0.0887. The molecule has 1 aromatic rings. The van der Waals surface area contributed by atoms with Crippen LogP contribution in [0.4, 0.5) is 5.82 Å². The van der Waals surface area contributed by atoms with Gasteiger partial charge in [-0.05, 0) is 20.8 Å². The molecule has 0 bridgehead atoms. The van der Waals surface area contributed by atoms with Gasteiger partial charge in [0, 0.05) is 12.7 Å². The number of ether oxygens (including phenoxy) is 1. The van der Waals surface area contributed by atoms with Gasteiger partial charge in [-0.1, -0.05) is 0 Å². The van der Waals surface area contributed by atoms with Gasteiger partial charge in [-0.2, -0.15) is 5.10 Å². The number of aromatic nitrogens is 2. The number of nitrogens with zero attached hydrogens (tertiary/aromatic N) is 1. The Bertz CT molecular complexity index is 344. The van der Waals surface area contributed by atoms with Gasteiger partial charge in [-0.15, -0.1) is 0 Å². The standard InChI is InChI=1S/C10H17N3O2/c1-7-6-11-13-9(7)12-8(14)5-10(2,3)15-4/h6H,5H2,1-4H3,(H2,11,12,13,14). The van der Waals surface area contributed by atoms with Gasteiger partial charge in [0.1, 0.15) is 5.82 Å². The predicted molar refractivity (Wildman–Crippen MR) is 57.7 cm³/mol. The number of hydrogen-bond donors (Lipinski definition) is 2. The largest absolute Gasteiger partial charge is 0.378 e. The molecule has 0 aliphatic heterocycles. The second-order valence-corrected chi connectivity index (χ2v) is 4.12. The third-order valence-corrected chi connectivity index (χ3v) is 2.23. The average molecular weight is 211 g/mol. The molecule has 5 heteroatoms. The van der Waals surface area contributed by atoms with Gasteiger partial charge < -0.3 is 10.1 Å². The van der Waals surface area contributed by atoms with Crippen molar-refractivity contribution >= 4 is 11.7 Å². The van der Waals surface area contributed by atoms with E-state index in [0.29, 0.717) is 12.2 Å². The van der Waals surface area contributed by atoms with E-state index in [1.165, 1.54) is 0 Å². The summed E-state index contributed by atoms with van der Waals surface area (Å²) in [6.07, 6.45) is 1.97. The molecule has 0 fully saturated rings. The van der Waals surface area contributed by atoms with Crippen LogP contribution in [0.2, 0.25) is 0 Å². The number of rotatable bonds is 4. The summed E-state index contributed by atoms with van der Waals surface area (Å²) in [6.45, 7) is 5.61. The van der Waals surface area contributed by atoms with E-state index in [-0.39, 0.29) is 5.91 Å². The van der Waals surface area contributed by atoms with Gasteiger partial charge in [-0.3, -0.25) is 9.89 Å². The fourth-order valence-electron chi connectivity index (χ4n) is 1.12. The van der Waals surface area contributed by atoms with Gasteiger partial charge in [0.15, 0.2) is 0 Å². The van der Waals surface area contributed by atoms with Crippen LogP contribution in [-0.2, 0) is 9.53 Å². The van der Waals surface area contributed by atoms with E-state index < -0.39 is 5.60 Å². The highest BCUT2D eigenvalue weighted by molar-refractivity contribution is 5.90. The van der Waals surface area contributed by atoms with Crippen LogP contribution < -0.4 is 5.32 Å². The predicted octanol–water partition coefficient (Wildman–Crippen LogP) is 1.47. The lowest BCUT2D eigenvalue weighted by molar-refractivity contribution is -0.121. The minimum Gasteiger partial charge on any atom is -0.378 e. The smallest absolute Gasteiger partial charge is 0.228 e. The SMILES string of the molecule is COC(C)(C)CC(=O)Nc1[nH]ncc1C. The molecule has 5 nitrogen and oxygen atoms in total. The van der Waals surface area contributed by atoms with E-state index in [1.807, 2.05) is 20.8 Å². The van der Waals surface area contributed by atoms with E-state index in [2.05, 4.69) is 15.5 Å². The maximum Gasteiger partial charge on any atom is 0.228 e. The highest BCUT2D eigenvalue weighted by Crippen LogP contribution is 2.15. The third kappa shape index (κ3) is 3.36. The van der Waals surface area contributed by atoms with E-state index in [9.17, 15) is 4.79 Å². The van der Waals surface area contributed by atoms with Crippen molar-refractivity contribution in [1.82, 2.24) is 10.2 Å². The summed E-state index contributed by atoms with van der Waals surface area (Å²) in [7, 11) is 1.59. The van der Waals surface area contributed by atoms with E-state index in [4.69, 9.17) is 4.74 Å². The number of anilines is 1.